The molecule has 0 radical (unpaired) electrons. The molecule has 0 bridgehead atoms. The van der Waals surface area contributed by atoms with Crippen LogP contribution in [0.4, 0.5) is 5.69 Å². The number of hydrogen-bond donors (Lipinski definition) is 1. The van der Waals surface area contributed by atoms with Crippen LogP contribution in [0.2, 0.25) is 10.0 Å². The van der Waals surface area contributed by atoms with E-state index >= 15 is 0 Å². The molecule has 2 aromatic rings. The van der Waals surface area contributed by atoms with E-state index in [0.29, 0.717) is 10.6 Å². The van der Waals surface area contributed by atoms with E-state index in [9.17, 15) is 4.79 Å². The number of aryl methyl sites for hydroxylation is 1. The number of carbonyl (C=O) groups is 1. The lowest BCUT2D eigenvalue weighted by molar-refractivity contribution is 0.102. The van der Waals surface area contributed by atoms with Crippen molar-refractivity contribution in [3.8, 4) is 0 Å². The second-order valence-corrected chi connectivity index (χ2v) is 4.89. The van der Waals surface area contributed by atoms with Gasteiger partial charge in [-0.05, 0) is 36.2 Å². The first-order valence-corrected chi connectivity index (χ1v) is 6.71. The topological polar surface area (TPSA) is 29.1 Å². The summed E-state index contributed by atoms with van der Waals surface area (Å²) in [6, 6.07) is 12.7. The molecule has 4 heteroatoms. The normalized spacial score (nSPS) is 10.3. The van der Waals surface area contributed by atoms with Crippen molar-refractivity contribution in [1.29, 1.82) is 0 Å². The smallest absolute Gasteiger partial charge is 0.257 e. The van der Waals surface area contributed by atoms with E-state index in [0.717, 1.165) is 17.7 Å². The average molecular weight is 294 g/mol. The van der Waals surface area contributed by atoms with Gasteiger partial charge >= 0.3 is 0 Å². The molecule has 0 saturated heterocycles. The number of nitrogens with one attached hydrogen (secondary N) is 1. The summed E-state index contributed by atoms with van der Waals surface area (Å²) in [5.74, 6) is -0.263. The molecule has 0 saturated carbocycles. The van der Waals surface area contributed by atoms with Crippen LogP contribution in [0.25, 0.3) is 0 Å². The minimum absolute atomic E-state index is 0.263. The Labute approximate surface area is 122 Å². The van der Waals surface area contributed by atoms with Crippen molar-refractivity contribution in [3.05, 3.63) is 63.6 Å². The first kappa shape index (κ1) is 13.9. The average Bonchev–Trinajstić information content (AvgIpc) is 2.42. The van der Waals surface area contributed by atoms with Gasteiger partial charge in [0.15, 0.2) is 0 Å². The molecular formula is C15H13Cl2NO. The highest BCUT2D eigenvalue weighted by atomic mass is 35.5. The fourth-order valence-electron chi connectivity index (χ4n) is 1.75. The lowest BCUT2D eigenvalue weighted by Gasteiger charge is -2.08. The third-order valence-electron chi connectivity index (χ3n) is 2.79. The van der Waals surface area contributed by atoms with Gasteiger partial charge in [0.05, 0.1) is 15.6 Å². The van der Waals surface area contributed by atoms with Crippen molar-refractivity contribution in [2.24, 2.45) is 0 Å². The minimum Gasteiger partial charge on any atom is -0.322 e. The third kappa shape index (κ3) is 3.28. The number of rotatable bonds is 3. The number of halogens is 2. The molecule has 2 nitrogen and oxygen atoms in total. The maximum Gasteiger partial charge on any atom is 0.257 e. The Morgan fingerprint density at radius 2 is 1.89 bits per heavy atom. The molecule has 0 aliphatic heterocycles. The fourth-order valence-corrected chi connectivity index (χ4v) is 2.13. The highest BCUT2D eigenvalue weighted by Gasteiger charge is 2.12. The summed E-state index contributed by atoms with van der Waals surface area (Å²) in [4.78, 5) is 12.1. The maximum atomic E-state index is 12.1. The Morgan fingerprint density at radius 1 is 1.16 bits per heavy atom. The van der Waals surface area contributed by atoms with Gasteiger partial charge in [-0.25, -0.2) is 0 Å². The predicted molar refractivity (Wildman–Crippen MR) is 80.2 cm³/mol. The number of carbonyl (C=O) groups excluding carboxylic acids is 1. The number of amides is 1. The van der Waals surface area contributed by atoms with Gasteiger partial charge in [-0.3, -0.25) is 4.79 Å². The number of hydrogen-bond acceptors (Lipinski definition) is 1. The standard InChI is InChI=1S/C15H13Cl2NO/c1-2-10-5-3-6-11(9-10)18-15(19)12-7-4-8-13(16)14(12)17/h3-9H,2H2,1H3,(H,18,19). The number of benzene rings is 2. The van der Waals surface area contributed by atoms with Crippen LogP contribution < -0.4 is 5.32 Å². The first-order chi connectivity index (χ1) is 9.11. The van der Waals surface area contributed by atoms with Gasteiger partial charge in [-0.15, -0.1) is 0 Å². The van der Waals surface area contributed by atoms with Crippen molar-refractivity contribution in [3.63, 3.8) is 0 Å². The summed E-state index contributed by atoms with van der Waals surface area (Å²) >= 11 is 11.9. The quantitative estimate of drug-likeness (QED) is 0.865. The van der Waals surface area contributed by atoms with Gasteiger partial charge in [0, 0.05) is 5.69 Å². The van der Waals surface area contributed by atoms with E-state index in [2.05, 4.69) is 12.2 Å². The van der Waals surface area contributed by atoms with Crippen LogP contribution in [-0.4, -0.2) is 5.91 Å². The molecule has 19 heavy (non-hydrogen) atoms. The van der Waals surface area contributed by atoms with Crippen LogP contribution in [-0.2, 0) is 6.42 Å². The van der Waals surface area contributed by atoms with Crippen molar-refractivity contribution in [2.75, 3.05) is 5.32 Å². The Morgan fingerprint density at radius 3 is 2.63 bits per heavy atom. The zero-order valence-corrected chi connectivity index (χ0v) is 11.9. The zero-order valence-electron chi connectivity index (χ0n) is 10.4. The van der Waals surface area contributed by atoms with Crippen molar-refractivity contribution < 1.29 is 4.79 Å². The van der Waals surface area contributed by atoms with E-state index < -0.39 is 0 Å². The molecule has 0 fully saturated rings. The van der Waals surface area contributed by atoms with E-state index in [1.165, 1.54) is 0 Å². The molecule has 0 spiro atoms. The molecule has 0 heterocycles. The maximum absolute atomic E-state index is 12.1. The second-order valence-electron chi connectivity index (χ2n) is 4.11. The second kappa shape index (κ2) is 6.09. The van der Waals surface area contributed by atoms with E-state index in [4.69, 9.17) is 23.2 Å². The van der Waals surface area contributed by atoms with Crippen LogP contribution in [0.3, 0.4) is 0 Å². The Bertz CT molecular complexity index is 611. The van der Waals surface area contributed by atoms with E-state index in [-0.39, 0.29) is 10.9 Å². The lowest BCUT2D eigenvalue weighted by atomic mass is 10.1. The largest absolute Gasteiger partial charge is 0.322 e. The van der Waals surface area contributed by atoms with E-state index in [1.54, 1.807) is 18.2 Å². The van der Waals surface area contributed by atoms with Gasteiger partial charge in [0.25, 0.3) is 5.91 Å². The molecule has 0 atom stereocenters. The SMILES string of the molecule is CCc1cccc(NC(=O)c2cccc(Cl)c2Cl)c1. The Hall–Kier alpha value is -1.51. The molecule has 0 aliphatic rings. The summed E-state index contributed by atoms with van der Waals surface area (Å²) in [5, 5.41) is 3.46. The van der Waals surface area contributed by atoms with Crippen LogP contribution in [0.1, 0.15) is 22.8 Å². The molecule has 1 amide bonds. The van der Waals surface area contributed by atoms with Gasteiger partial charge in [0.2, 0.25) is 0 Å². The van der Waals surface area contributed by atoms with Crippen molar-refractivity contribution >= 4 is 34.8 Å². The molecule has 2 rings (SSSR count). The molecular weight excluding hydrogens is 281 g/mol. The number of anilines is 1. The zero-order chi connectivity index (χ0) is 13.8. The van der Waals surface area contributed by atoms with Gasteiger partial charge in [-0.2, -0.15) is 0 Å². The molecule has 0 aliphatic carbocycles. The van der Waals surface area contributed by atoms with Crippen molar-refractivity contribution in [1.82, 2.24) is 0 Å². The fraction of sp³-hybridized carbons (Fsp3) is 0.133. The summed E-state index contributed by atoms with van der Waals surface area (Å²) in [6.07, 6.45) is 0.918. The van der Waals surface area contributed by atoms with Crippen molar-refractivity contribution in [2.45, 2.75) is 13.3 Å². The van der Waals surface area contributed by atoms with Crippen LogP contribution in [0.15, 0.2) is 42.5 Å². The molecule has 0 aromatic heterocycles. The molecule has 1 N–H and O–H groups in total. The molecule has 98 valence electrons. The monoisotopic (exact) mass is 293 g/mol. The molecule has 2 aromatic carbocycles. The summed E-state index contributed by atoms with van der Waals surface area (Å²) in [7, 11) is 0. The summed E-state index contributed by atoms with van der Waals surface area (Å²) in [6.45, 7) is 2.06. The Kier molecular flexibility index (Phi) is 4.46. The van der Waals surface area contributed by atoms with E-state index in [1.807, 2.05) is 24.3 Å². The Balaban J connectivity index is 2.23. The predicted octanol–water partition coefficient (Wildman–Crippen LogP) is 4.81. The highest BCUT2D eigenvalue weighted by molar-refractivity contribution is 6.44. The van der Waals surface area contributed by atoms with Crippen LogP contribution >= 0.6 is 23.2 Å². The first-order valence-electron chi connectivity index (χ1n) is 5.96. The lowest BCUT2D eigenvalue weighted by Crippen LogP contribution is -2.12. The third-order valence-corrected chi connectivity index (χ3v) is 3.61. The van der Waals surface area contributed by atoms with Crippen LogP contribution in [0.5, 0.6) is 0 Å². The summed E-state index contributed by atoms with van der Waals surface area (Å²) < 4.78 is 0. The summed E-state index contributed by atoms with van der Waals surface area (Å²) in [5.41, 5.74) is 2.28. The van der Waals surface area contributed by atoms with Gasteiger partial charge < -0.3 is 5.32 Å². The van der Waals surface area contributed by atoms with Crippen LogP contribution in [0, 0.1) is 0 Å². The minimum atomic E-state index is -0.263. The van der Waals surface area contributed by atoms with Gasteiger partial charge in [0.1, 0.15) is 0 Å². The highest BCUT2D eigenvalue weighted by Crippen LogP contribution is 2.26. The molecule has 0 unspecified atom stereocenters. The van der Waals surface area contributed by atoms with Gasteiger partial charge in [-0.1, -0.05) is 48.3 Å².